The third kappa shape index (κ3) is 6.75. The second kappa shape index (κ2) is 11.0. The lowest BCUT2D eigenvalue weighted by molar-refractivity contribution is 0.224. The number of nitrogens with one attached hydrogen (secondary N) is 2. The lowest BCUT2D eigenvalue weighted by Crippen LogP contribution is -2.40. The van der Waals surface area contributed by atoms with Crippen molar-refractivity contribution in [1.82, 2.24) is 25.4 Å². The Morgan fingerprint density at radius 2 is 1.88 bits per heavy atom. The SMILES string of the molecule is CCNC(=NCc1nnc(C)n1C)NCC1CCC(C(C)C)CC1.I. The number of nitrogens with zero attached hydrogens (tertiary/aromatic N) is 4. The predicted octanol–water partition coefficient (Wildman–Crippen LogP) is 3.26. The first kappa shape index (κ1) is 22.2. The van der Waals surface area contributed by atoms with E-state index in [0.29, 0.717) is 6.54 Å². The number of rotatable bonds is 6. The van der Waals surface area contributed by atoms with Crippen molar-refractivity contribution in [3.05, 3.63) is 11.6 Å². The van der Waals surface area contributed by atoms with Crippen LogP contribution in [-0.4, -0.2) is 33.8 Å². The average molecular weight is 462 g/mol. The zero-order valence-electron chi connectivity index (χ0n) is 16.4. The van der Waals surface area contributed by atoms with Crippen molar-refractivity contribution < 1.29 is 0 Å². The summed E-state index contributed by atoms with van der Waals surface area (Å²) in [5.74, 6) is 5.20. The fraction of sp³-hybridized carbons (Fsp3) is 0.833. The van der Waals surface area contributed by atoms with Crippen LogP contribution in [0.5, 0.6) is 0 Å². The zero-order valence-corrected chi connectivity index (χ0v) is 18.7. The van der Waals surface area contributed by atoms with Gasteiger partial charge >= 0.3 is 0 Å². The maximum absolute atomic E-state index is 4.66. The van der Waals surface area contributed by atoms with Crippen molar-refractivity contribution in [3.63, 3.8) is 0 Å². The van der Waals surface area contributed by atoms with Crippen molar-refractivity contribution >= 4 is 29.9 Å². The second-order valence-corrected chi connectivity index (χ2v) is 7.32. The molecule has 2 rings (SSSR count). The van der Waals surface area contributed by atoms with Gasteiger partial charge in [-0.2, -0.15) is 0 Å². The summed E-state index contributed by atoms with van der Waals surface area (Å²) in [6, 6.07) is 0. The zero-order chi connectivity index (χ0) is 17.5. The van der Waals surface area contributed by atoms with Gasteiger partial charge in [0.05, 0.1) is 0 Å². The maximum atomic E-state index is 4.66. The molecule has 0 aromatic carbocycles. The van der Waals surface area contributed by atoms with E-state index in [2.05, 4.69) is 46.6 Å². The second-order valence-electron chi connectivity index (χ2n) is 7.32. The van der Waals surface area contributed by atoms with Crippen molar-refractivity contribution in [3.8, 4) is 0 Å². The average Bonchev–Trinajstić information content (AvgIpc) is 2.89. The summed E-state index contributed by atoms with van der Waals surface area (Å²) < 4.78 is 1.99. The first-order valence-electron chi connectivity index (χ1n) is 9.38. The van der Waals surface area contributed by atoms with Crippen LogP contribution >= 0.6 is 24.0 Å². The topological polar surface area (TPSA) is 67.1 Å². The highest BCUT2D eigenvalue weighted by molar-refractivity contribution is 14.0. The molecular formula is C18H35IN6. The molecule has 0 saturated heterocycles. The van der Waals surface area contributed by atoms with Crippen LogP contribution in [0.1, 0.15) is 58.1 Å². The number of hydrogen-bond acceptors (Lipinski definition) is 3. The molecule has 1 aliphatic carbocycles. The smallest absolute Gasteiger partial charge is 0.191 e. The van der Waals surface area contributed by atoms with Gasteiger partial charge in [0.15, 0.2) is 11.8 Å². The van der Waals surface area contributed by atoms with E-state index in [4.69, 9.17) is 0 Å². The maximum Gasteiger partial charge on any atom is 0.191 e. The third-order valence-electron chi connectivity index (χ3n) is 5.30. The highest BCUT2D eigenvalue weighted by atomic mass is 127. The summed E-state index contributed by atoms with van der Waals surface area (Å²) in [5, 5.41) is 15.1. The first-order valence-corrected chi connectivity index (χ1v) is 9.38. The van der Waals surface area contributed by atoms with Crippen molar-refractivity contribution in [2.24, 2.45) is 29.8 Å². The summed E-state index contributed by atoms with van der Waals surface area (Å²) in [5.41, 5.74) is 0. The van der Waals surface area contributed by atoms with Crippen molar-refractivity contribution in [2.45, 2.75) is 59.9 Å². The van der Waals surface area contributed by atoms with E-state index in [0.717, 1.165) is 48.5 Å². The monoisotopic (exact) mass is 462 g/mol. The van der Waals surface area contributed by atoms with Crippen LogP contribution in [0, 0.1) is 24.7 Å². The molecule has 1 aliphatic rings. The standard InChI is InChI=1S/C18H34N6.HI/c1-6-19-18(21-12-17-23-22-14(4)24(17)5)20-11-15-7-9-16(10-8-15)13(2)3;/h13,15-16H,6-12H2,1-5H3,(H2,19,20,21);1H. The molecule has 0 bridgehead atoms. The van der Waals surface area contributed by atoms with Gasteiger partial charge < -0.3 is 15.2 Å². The van der Waals surface area contributed by atoms with E-state index in [-0.39, 0.29) is 24.0 Å². The highest BCUT2D eigenvalue weighted by Gasteiger charge is 2.23. The molecule has 7 heteroatoms. The number of aromatic nitrogens is 3. The van der Waals surface area contributed by atoms with Gasteiger partial charge in [-0.25, -0.2) is 4.99 Å². The molecule has 1 heterocycles. The normalized spacial score (nSPS) is 21.1. The minimum absolute atomic E-state index is 0. The number of aliphatic imine (C=N–C) groups is 1. The Morgan fingerprint density at radius 3 is 2.40 bits per heavy atom. The molecule has 1 saturated carbocycles. The van der Waals surface area contributed by atoms with Gasteiger partial charge in [0.1, 0.15) is 12.4 Å². The summed E-state index contributed by atoms with van der Waals surface area (Å²) in [6.45, 7) is 11.2. The molecule has 0 spiro atoms. The first-order chi connectivity index (χ1) is 11.5. The molecule has 1 fully saturated rings. The Hall–Kier alpha value is -0.860. The number of halogens is 1. The Morgan fingerprint density at radius 1 is 1.20 bits per heavy atom. The van der Waals surface area contributed by atoms with Crippen molar-refractivity contribution in [2.75, 3.05) is 13.1 Å². The van der Waals surface area contributed by atoms with Gasteiger partial charge in [-0.05, 0) is 57.3 Å². The Kier molecular flexibility index (Phi) is 9.74. The predicted molar refractivity (Wildman–Crippen MR) is 114 cm³/mol. The van der Waals surface area contributed by atoms with Crippen molar-refractivity contribution in [1.29, 1.82) is 0 Å². The highest BCUT2D eigenvalue weighted by Crippen LogP contribution is 2.32. The molecule has 0 amide bonds. The summed E-state index contributed by atoms with van der Waals surface area (Å²) >= 11 is 0. The van der Waals surface area contributed by atoms with E-state index in [1.807, 2.05) is 18.5 Å². The van der Waals surface area contributed by atoms with Crippen LogP contribution in [0.4, 0.5) is 0 Å². The van der Waals surface area contributed by atoms with E-state index in [1.54, 1.807) is 0 Å². The van der Waals surface area contributed by atoms with Crippen LogP contribution in [0.2, 0.25) is 0 Å². The molecule has 0 aliphatic heterocycles. The lowest BCUT2D eigenvalue weighted by Gasteiger charge is -2.31. The molecule has 25 heavy (non-hydrogen) atoms. The molecule has 2 N–H and O–H groups in total. The molecule has 0 unspecified atom stereocenters. The van der Waals surface area contributed by atoms with Gasteiger partial charge in [0.25, 0.3) is 0 Å². The Labute approximate surface area is 169 Å². The van der Waals surface area contributed by atoms with Crippen LogP contribution in [-0.2, 0) is 13.6 Å². The van der Waals surface area contributed by atoms with Gasteiger partial charge in [0, 0.05) is 20.1 Å². The quantitative estimate of drug-likeness (QED) is 0.387. The lowest BCUT2D eigenvalue weighted by atomic mass is 9.77. The summed E-state index contributed by atoms with van der Waals surface area (Å²) in [6.07, 6.45) is 5.40. The Bertz CT molecular complexity index is 532. The number of guanidine groups is 1. The van der Waals surface area contributed by atoms with Gasteiger partial charge in [-0.3, -0.25) is 0 Å². The van der Waals surface area contributed by atoms with Gasteiger partial charge in [-0.15, -0.1) is 34.2 Å². The molecular weight excluding hydrogens is 427 g/mol. The van der Waals surface area contributed by atoms with Crippen LogP contribution in [0.15, 0.2) is 4.99 Å². The largest absolute Gasteiger partial charge is 0.357 e. The molecule has 6 nitrogen and oxygen atoms in total. The van der Waals surface area contributed by atoms with E-state index in [1.165, 1.54) is 25.7 Å². The Balaban J connectivity index is 0.00000312. The van der Waals surface area contributed by atoms with E-state index in [9.17, 15) is 0 Å². The fourth-order valence-corrected chi connectivity index (χ4v) is 3.38. The minimum atomic E-state index is 0. The van der Waals surface area contributed by atoms with Gasteiger partial charge in [-0.1, -0.05) is 13.8 Å². The molecule has 144 valence electrons. The minimum Gasteiger partial charge on any atom is -0.357 e. The van der Waals surface area contributed by atoms with E-state index >= 15 is 0 Å². The van der Waals surface area contributed by atoms with Crippen LogP contribution < -0.4 is 10.6 Å². The molecule has 0 radical (unpaired) electrons. The molecule has 1 aromatic heterocycles. The summed E-state index contributed by atoms with van der Waals surface area (Å²) in [4.78, 5) is 4.66. The van der Waals surface area contributed by atoms with E-state index < -0.39 is 0 Å². The number of aryl methyl sites for hydroxylation is 1. The fourth-order valence-electron chi connectivity index (χ4n) is 3.38. The van der Waals surface area contributed by atoms with Gasteiger partial charge in [0.2, 0.25) is 0 Å². The third-order valence-corrected chi connectivity index (χ3v) is 5.30. The molecule has 0 atom stereocenters. The molecule has 1 aromatic rings. The summed E-state index contributed by atoms with van der Waals surface area (Å²) in [7, 11) is 1.98. The number of hydrogen-bond donors (Lipinski definition) is 2. The van der Waals surface area contributed by atoms with Crippen LogP contribution in [0.3, 0.4) is 0 Å². The van der Waals surface area contributed by atoms with Crippen LogP contribution in [0.25, 0.3) is 0 Å².